The Morgan fingerprint density at radius 3 is 2.62 bits per heavy atom. The van der Waals surface area contributed by atoms with Crippen molar-refractivity contribution in [2.75, 3.05) is 6.61 Å². The van der Waals surface area contributed by atoms with Gasteiger partial charge in [-0.05, 0) is 48.8 Å². The van der Waals surface area contributed by atoms with Crippen LogP contribution in [0.5, 0.6) is 5.75 Å². The Labute approximate surface area is 158 Å². The SMILES string of the molecule is Cc1nccc2c3ccc(OCC(C)CC(C)C)c(Cl)c3c(=O)n(C)c12. The number of aromatic nitrogens is 2. The molecule has 0 N–H and O–H groups in total. The van der Waals surface area contributed by atoms with Crippen LogP contribution in [-0.4, -0.2) is 16.2 Å². The van der Waals surface area contributed by atoms with Gasteiger partial charge in [-0.3, -0.25) is 9.78 Å². The van der Waals surface area contributed by atoms with Crippen LogP contribution in [0.4, 0.5) is 0 Å². The number of fused-ring (bicyclic) bond motifs is 3. The molecule has 0 saturated carbocycles. The summed E-state index contributed by atoms with van der Waals surface area (Å²) < 4.78 is 7.57. The average Bonchev–Trinajstić information content (AvgIpc) is 2.57. The number of aryl methyl sites for hydroxylation is 2. The van der Waals surface area contributed by atoms with Gasteiger partial charge in [-0.15, -0.1) is 0 Å². The first-order chi connectivity index (χ1) is 12.3. The van der Waals surface area contributed by atoms with Gasteiger partial charge in [-0.1, -0.05) is 32.4 Å². The van der Waals surface area contributed by atoms with E-state index in [0.717, 1.165) is 28.4 Å². The first-order valence-electron chi connectivity index (χ1n) is 9.00. The maximum atomic E-state index is 12.9. The fourth-order valence-corrected chi connectivity index (χ4v) is 3.98. The lowest BCUT2D eigenvalue weighted by molar-refractivity contribution is 0.239. The second kappa shape index (κ2) is 7.28. The van der Waals surface area contributed by atoms with E-state index < -0.39 is 0 Å². The second-order valence-corrected chi connectivity index (χ2v) is 7.88. The van der Waals surface area contributed by atoms with E-state index in [-0.39, 0.29) is 5.56 Å². The Bertz CT molecular complexity index is 1020. The lowest BCUT2D eigenvalue weighted by Crippen LogP contribution is -2.19. The smallest absolute Gasteiger partial charge is 0.260 e. The zero-order valence-electron chi connectivity index (χ0n) is 16.0. The van der Waals surface area contributed by atoms with Crippen LogP contribution < -0.4 is 10.3 Å². The van der Waals surface area contributed by atoms with Gasteiger partial charge >= 0.3 is 0 Å². The van der Waals surface area contributed by atoms with E-state index in [2.05, 4.69) is 25.8 Å². The molecule has 2 heterocycles. The van der Waals surface area contributed by atoms with Crippen molar-refractivity contribution in [1.29, 1.82) is 0 Å². The Kier molecular flexibility index (Phi) is 5.24. The largest absolute Gasteiger partial charge is 0.492 e. The van der Waals surface area contributed by atoms with E-state index in [0.29, 0.717) is 34.6 Å². The molecule has 0 radical (unpaired) electrons. The van der Waals surface area contributed by atoms with Crippen molar-refractivity contribution >= 4 is 33.3 Å². The van der Waals surface area contributed by atoms with E-state index in [1.165, 1.54) is 0 Å². The highest BCUT2D eigenvalue weighted by molar-refractivity contribution is 6.37. The summed E-state index contributed by atoms with van der Waals surface area (Å²) in [5, 5.41) is 2.69. The van der Waals surface area contributed by atoms with Crippen molar-refractivity contribution in [3.05, 3.63) is 45.5 Å². The zero-order chi connectivity index (χ0) is 19.0. The summed E-state index contributed by atoms with van der Waals surface area (Å²) in [5.41, 5.74) is 1.53. The molecule has 138 valence electrons. The molecule has 0 bridgehead atoms. The summed E-state index contributed by atoms with van der Waals surface area (Å²) >= 11 is 6.59. The number of benzene rings is 1. The third-order valence-corrected chi connectivity index (χ3v) is 5.13. The van der Waals surface area contributed by atoms with Crippen LogP contribution >= 0.6 is 11.6 Å². The molecule has 0 saturated heterocycles. The zero-order valence-corrected chi connectivity index (χ0v) is 16.7. The van der Waals surface area contributed by atoms with Gasteiger partial charge in [0.1, 0.15) is 5.75 Å². The quantitative estimate of drug-likeness (QED) is 0.584. The number of halogens is 1. The Hall–Kier alpha value is -2.07. The van der Waals surface area contributed by atoms with Gasteiger partial charge in [0.25, 0.3) is 5.56 Å². The Morgan fingerprint density at radius 1 is 1.19 bits per heavy atom. The number of hydrogen-bond donors (Lipinski definition) is 0. The monoisotopic (exact) mass is 372 g/mol. The molecule has 5 heteroatoms. The second-order valence-electron chi connectivity index (χ2n) is 7.50. The number of nitrogens with zero attached hydrogens (tertiary/aromatic N) is 2. The molecule has 26 heavy (non-hydrogen) atoms. The minimum absolute atomic E-state index is 0.130. The standard InChI is InChI=1S/C21H25ClN2O2/c1-12(2)10-13(3)11-26-17-7-6-15-16-8-9-23-14(4)20(16)24(5)21(25)18(15)19(17)22/h6-9,12-13H,10-11H2,1-5H3. The summed E-state index contributed by atoms with van der Waals surface area (Å²) in [6.07, 6.45) is 2.84. The van der Waals surface area contributed by atoms with Crippen LogP contribution in [0, 0.1) is 18.8 Å². The van der Waals surface area contributed by atoms with Gasteiger partial charge in [0.15, 0.2) is 0 Å². The molecule has 3 aromatic rings. The van der Waals surface area contributed by atoms with Gasteiger partial charge in [0.2, 0.25) is 0 Å². The molecule has 1 aromatic carbocycles. The van der Waals surface area contributed by atoms with E-state index in [1.807, 2.05) is 25.1 Å². The highest BCUT2D eigenvalue weighted by atomic mass is 35.5. The predicted octanol–water partition coefficient (Wildman–Crippen LogP) is 5.11. The molecule has 2 aromatic heterocycles. The fraction of sp³-hybridized carbons (Fsp3) is 0.429. The van der Waals surface area contributed by atoms with Crippen molar-refractivity contribution < 1.29 is 4.74 Å². The molecule has 0 fully saturated rings. The molecule has 0 aliphatic heterocycles. The normalized spacial score (nSPS) is 12.9. The van der Waals surface area contributed by atoms with E-state index in [4.69, 9.17) is 16.3 Å². The van der Waals surface area contributed by atoms with Crippen molar-refractivity contribution in [2.24, 2.45) is 18.9 Å². The highest BCUT2D eigenvalue weighted by Gasteiger charge is 2.17. The maximum absolute atomic E-state index is 12.9. The van der Waals surface area contributed by atoms with Gasteiger partial charge in [-0.2, -0.15) is 0 Å². The third kappa shape index (κ3) is 3.30. The molecule has 3 rings (SSSR count). The molecule has 0 aliphatic carbocycles. The minimum Gasteiger partial charge on any atom is -0.492 e. The van der Waals surface area contributed by atoms with Gasteiger partial charge in [-0.25, -0.2) is 0 Å². The molecule has 0 spiro atoms. The fourth-order valence-electron chi connectivity index (χ4n) is 3.68. The predicted molar refractivity (Wildman–Crippen MR) is 108 cm³/mol. The van der Waals surface area contributed by atoms with Crippen LogP contribution in [0.15, 0.2) is 29.2 Å². The molecule has 1 unspecified atom stereocenters. The highest BCUT2D eigenvalue weighted by Crippen LogP contribution is 2.34. The van der Waals surface area contributed by atoms with Crippen molar-refractivity contribution in [3.63, 3.8) is 0 Å². The van der Waals surface area contributed by atoms with E-state index in [9.17, 15) is 4.79 Å². The van der Waals surface area contributed by atoms with Crippen LogP contribution in [0.3, 0.4) is 0 Å². The van der Waals surface area contributed by atoms with Crippen molar-refractivity contribution in [2.45, 2.75) is 34.1 Å². The van der Waals surface area contributed by atoms with Gasteiger partial charge < -0.3 is 9.30 Å². The summed E-state index contributed by atoms with van der Waals surface area (Å²) in [6.45, 7) is 9.05. The lowest BCUT2D eigenvalue weighted by atomic mass is 10.00. The Morgan fingerprint density at radius 2 is 1.92 bits per heavy atom. The van der Waals surface area contributed by atoms with Crippen molar-refractivity contribution in [3.8, 4) is 5.75 Å². The molecule has 1 atom stereocenters. The van der Waals surface area contributed by atoms with Crippen LogP contribution in [-0.2, 0) is 7.05 Å². The lowest BCUT2D eigenvalue weighted by Gasteiger charge is -2.17. The molecule has 0 amide bonds. The minimum atomic E-state index is -0.130. The first kappa shape index (κ1) is 18.7. The van der Waals surface area contributed by atoms with E-state index >= 15 is 0 Å². The summed E-state index contributed by atoms with van der Waals surface area (Å²) in [4.78, 5) is 17.3. The molecule has 0 aliphatic rings. The van der Waals surface area contributed by atoms with E-state index in [1.54, 1.807) is 17.8 Å². The summed E-state index contributed by atoms with van der Waals surface area (Å²) in [5.74, 6) is 1.61. The number of rotatable bonds is 5. The summed E-state index contributed by atoms with van der Waals surface area (Å²) in [6, 6.07) is 5.71. The molecular formula is C21H25ClN2O2. The molecular weight excluding hydrogens is 348 g/mol. The Balaban J connectivity index is 2.11. The maximum Gasteiger partial charge on any atom is 0.260 e. The van der Waals surface area contributed by atoms with Gasteiger partial charge in [0.05, 0.1) is 28.2 Å². The topological polar surface area (TPSA) is 44.1 Å². The number of pyridine rings is 2. The molecule has 4 nitrogen and oxygen atoms in total. The van der Waals surface area contributed by atoms with Gasteiger partial charge in [0, 0.05) is 18.6 Å². The van der Waals surface area contributed by atoms with Crippen LogP contribution in [0.2, 0.25) is 5.02 Å². The third-order valence-electron chi connectivity index (χ3n) is 4.75. The first-order valence-corrected chi connectivity index (χ1v) is 9.38. The van der Waals surface area contributed by atoms with Crippen molar-refractivity contribution in [1.82, 2.24) is 9.55 Å². The van der Waals surface area contributed by atoms with Crippen LogP contribution in [0.25, 0.3) is 21.7 Å². The van der Waals surface area contributed by atoms with Crippen LogP contribution in [0.1, 0.15) is 32.9 Å². The number of hydrogen-bond acceptors (Lipinski definition) is 3. The average molecular weight is 373 g/mol. The number of ether oxygens (including phenoxy) is 1. The summed E-state index contributed by atoms with van der Waals surface area (Å²) in [7, 11) is 1.76.